The monoisotopic (exact) mass is 342 g/mol. The quantitative estimate of drug-likeness (QED) is 0.916. The van der Waals surface area contributed by atoms with Crippen LogP contribution in [0.5, 0.6) is 0 Å². The van der Waals surface area contributed by atoms with Gasteiger partial charge in [-0.2, -0.15) is 13.2 Å². The summed E-state index contributed by atoms with van der Waals surface area (Å²) in [5.41, 5.74) is 0.429. The Kier molecular flexibility index (Phi) is 4.67. The van der Waals surface area contributed by atoms with E-state index < -0.39 is 23.9 Å². The third kappa shape index (κ3) is 3.63. The van der Waals surface area contributed by atoms with Gasteiger partial charge in [-0.15, -0.1) is 0 Å². The lowest BCUT2D eigenvalue weighted by Crippen LogP contribution is -2.36. The van der Waals surface area contributed by atoms with Gasteiger partial charge >= 0.3 is 6.18 Å². The number of hydrogen-bond donors (Lipinski definition) is 1. The topological polar surface area (TPSA) is 48.5 Å². The Morgan fingerprint density at radius 3 is 2.54 bits per heavy atom. The van der Waals surface area contributed by atoms with Crippen LogP contribution in [0.25, 0.3) is 0 Å². The van der Waals surface area contributed by atoms with Gasteiger partial charge < -0.3 is 15.1 Å². The van der Waals surface area contributed by atoms with Crippen LogP contribution in [0.4, 0.5) is 24.7 Å². The minimum atomic E-state index is -4.37. The molecule has 2 atom stereocenters. The van der Waals surface area contributed by atoms with Crippen molar-refractivity contribution in [1.29, 1.82) is 0 Å². The number of nitrogens with one attached hydrogen (secondary N) is 1. The van der Waals surface area contributed by atoms with Crippen LogP contribution in [0.2, 0.25) is 0 Å². The standard InChI is InChI=1S/C16H21F3N4O/c1-22-9-12(13(10-22)16(17,18)19)15(24)21-11-4-5-14(20-8-11)23-6-2-3-7-23/h4-5,8,12-13H,2-3,6-7,9-10H2,1H3,(H,21,24)/t12-,13-/m1/s1. The fourth-order valence-electron chi connectivity index (χ4n) is 3.43. The van der Waals surface area contributed by atoms with E-state index in [2.05, 4.69) is 15.2 Å². The van der Waals surface area contributed by atoms with Crippen molar-refractivity contribution in [2.45, 2.75) is 19.0 Å². The summed E-state index contributed by atoms with van der Waals surface area (Å²) in [7, 11) is 1.60. The zero-order valence-electron chi connectivity index (χ0n) is 13.5. The summed E-state index contributed by atoms with van der Waals surface area (Å²) in [5.74, 6) is -2.48. The van der Waals surface area contributed by atoms with E-state index in [1.807, 2.05) is 0 Å². The van der Waals surface area contributed by atoms with Crippen LogP contribution < -0.4 is 10.2 Å². The molecule has 3 heterocycles. The smallest absolute Gasteiger partial charge is 0.357 e. The second kappa shape index (κ2) is 6.58. The molecule has 0 aromatic carbocycles. The average molecular weight is 342 g/mol. The first-order valence-electron chi connectivity index (χ1n) is 8.12. The van der Waals surface area contributed by atoms with E-state index in [9.17, 15) is 18.0 Å². The Labute approximate surface area is 138 Å². The molecule has 1 N–H and O–H groups in total. The van der Waals surface area contributed by atoms with Crippen LogP contribution in [-0.2, 0) is 4.79 Å². The van der Waals surface area contributed by atoms with Gasteiger partial charge in [-0.05, 0) is 32.0 Å². The number of rotatable bonds is 3. The second-order valence-electron chi connectivity index (χ2n) is 6.56. The molecule has 24 heavy (non-hydrogen) atoms. The number of likely N-dealkylation sites (tertiary alicyclic amines) is 1. The highest BCUT2D eigenvalue weighted by molar-refractivity contribution is 5.93. The van der Waals surface area contributed by atoms with Gasteiger partial charge in [0.25, 0.3) is 0 Å². The molecule has 2 aliphatic rings. The summed E-state index contributed by atoms with van der Waals surface area (Å²) < 4.78 is 39.3. The molecule has 0 saturated carbocycles. The van der Waals surface area contributed by atoms with Crippen molar-refractivity contribution in [3.8, 4) is 0 Å². The van der Waals surface area contributed by atoms with Crippen molar-refractivity contribution in [2.24, 2.45) is 11.8 Å². The van der Waals surface area contributed by atoms with Crippen LogP contribution in [0, 0.1) is 11.8 Å². The number of pyridine rings is 1. The highest BCUT2D eigenvalue weighted by Gasteiger charge is 2.51. The highest BCUT2D eigenvalue weighted by Crippen LogP contribution is 2.37. The van der Waals surface area contributed by atoms with Gasteiger partial charge in [0, 0.05) is 26.2 Å². The molecular weight excluding hydrogens is 321 g/mol. The third-order valence-electron chi connectivity index (χ3n) is 4.71. The van der Waals surface area contributed by atoms with Crippen molar-refractivity contribution < 1.29 is 18.0 Å². The third-order valence-corrected chi connectivity index (χ3v) is 4.71. The van der Waals surface area contributed by atoms with E-state index in [4.69, 9.17) is 0 Å². The van der Waals surface area contributed by atoms with Gasteiger partial charge in [-0.3, -0.25) is 4.79 Å². The zero-order valence-corrected chi connectivity index (χ0v) is 13.5. The first kappa shape index (κ1) is 17.0. The predicted molar refractivity (Wildman–Crippen MR) is 84.8 cm³/mol. The highest BCUT2D eigenvalue weighted by atomic mass is 19.4. The Balaban J connectivity index is 1.65. The fourth-order valence-corrected chi connectivity index (χ4v) is 3.43. The Morgan fingerprint density at radius 2 is 1.96 bits per heavy atom. The summed E-state index contributed by atoms with van der Waals surface area (Å²) in [6, 6.07) is 3.49. The van der Waals surface area contributed by atoms with Crippen molar-refractivity contribution in [3.63, 3.8) is 0 Å². The average Bonchev–Trinajstić information content (AvgIpc) is 3.16. The second-order valence-corrected chi connectivity index (χ2v) is 6.56. The number of carbonyl (C=O) groups excluding carboxylic acids is 1. The number of alkyl halides is 3. The van der Waals surface area contributed by atoms with E-state index in [0.29, 0.717) is 5.69 Å². The lowest BCUT2D eigenvalue weighted by atomic mass is 9.94. The largest absolute Gasteiger partial charge is 0.393 e. The summed E-state index contributed by atoms with van der Waals surface area (Å²) >= 11 is 0. The molecule has 8 heteroatoms. The normalized spacial score (nSPS) is 25.2. The maximum absolute atomic E-state index is 13.1. The lowest BCUT2D eigenvalue weighted by molar-refractivity contribution is -0.182. The molecule has 0 unspecified atom stereocenters. The minimum Gasteiger partial charge on any atom is -0.357 e. The van der Waals surface area contributed by atoms with Gasteiger partial charge in [0.05, 0.1) is 23.7 Å². The van der Waals surface area contributed by atoms with E-state index >= 15 is 0 Å². The van der Waals surface area contributed by atoms with Gasteiger partial charge in [0.2, 0.25) is 5.91 Å². The van der Waals surface area contributed by atoms with E-state index in [-0.39, 0.29) is 13.1 Å². The Hall–Kier alpha value is -1.83. The number of amides is 1. The number of hydrogen-bond acceptors (Lipinski definition) is 4. The maximum Gasteiger partial charge on any atom is 0.393 e. The van der Waals surface area contributed by atoms with Gasteiger partial charge in [0.15, 0.2) is 0 Å². The summed E-state index contributed by atoms with van der Waals surface area (Å²) in [6.45, 7) is 1.88. The number of aromatic nitrogens is 1. The first-order valence-corrected chi connectivity index (χ1v) is 8.12. The SMILES string of the molecule is CN1C[C@@H](C(F)(F)F)[C@H](C(=O)Nc2ccc(N3CCCC3)nc2)C1. The molecule has 3 rings (SSSR count). The number of carbonyl (C=O) groups is 1. The number of anilines is 2. The molecule has 5 nitrogen and oxygen atoms in total. The van der Waals surface area contributed by atoms with Gasteiger partial charge in [0.1, 0.15) is 5.82 Å². The van der Waals surface area contributed by atoms with Crippen molar-refractivity contribution in [2.75, 3.05) is 43.4 Å². The minimum absolute atomic E-state index is 0.106. The summed E-state index contributed by atoms with van der Waals surface area (Å²) in [5, 5.41) is 2.58. The molecule has 2 saturated heterocycles. The van der Waals surface area contributed by atoms with E-state index in [1.165, 1.54) is 11.1 Å². The molecule has 1 aromatic rings. The van der Waals surface area contributed by atoms with Crippen LogP contribution in [-0.4, -0.2) is 55.2 Å². The van der Waals surface area contributed by atoms with Gasteiger partial charge in [-0.1, -0.05) is 0 Å². The zero-order chi connectivity index (χ0) is 17.3. The summed E-state index contributed by atoms with van der Waals surface area (Å²) in [4.78, 5) is 20.3. The van der Waals surface area contributed by atoms with Crippen LogP contribution in [0.3, 0.4) is 0 Å². The van der Waals surface area contributed by atoms with Gasteiger partial charge in [-0.25, -0.2) is 4.98 Å². The molecule has 0 bridgehead atoms. The fraction of sp³-hybridized carbons (Fsp3) is 0.625. The molecule has 0 radical (unpaired) electrons. The molecule has 0 spiro atoms. The first-order chi connectivity index (χ1) is 11.3. The lowest BCUT2D eigenvalue weighted by Gasteiger charge is -2.21. The molecule has 2 aliphatic heterocycles. The van der Waals surface area contributed by atoms with Crippen LogP contribution in [0.1, 0.15) is 12.8 Å². The van der Waals surface area contributed by atoms with E-state index in [0.717, 1.165) is 31.7 Å². The van der Waals surface area contributed by atoms with E-state index in [1.54, 1.807) is 19.2 Å². The Bertz CT molecular complexity index is 584. The molecule has 132 valence electrons. The maximum atomic E-state index is 13.1. The molecule has 1 amide bonds. The number of halogens is 3. The van der Waals surface area contributed by atoms with Crippen LogP contribution >= 0.6 is 0 Å². The molecular formula is C16H21F3N4O. The van der Waals surface area contributed by atoms with Crippen molar-refractivity contribution in [1.82, 2.24) is 9.88 Å². The summed E-state index contributed by atoms with van der Waals surface area (Å²) in [6.07, 6.45) is -0.597. The number of nitrogens with zero attached hydrogens (tertiary/aromatic N) is 3. The van der Waals surface area contributed by atoms with Crippen molar-refractivity contribution in [3.05, 3.63) is 18.3 Å². The Morgan fingerprint density at radius 1 is 1.25 bits per heavy atom. The molecule has 1 aromatic heterocycles. The predicted octanol–water partition coefficient (Wildman–Crippen LogP) is 2.36. The van der Waals surface area contributed by atoms with Crippen molar-refractivity contribution >= 4 is 17.4 Å². The molecule has 2 fully saturated rings. The van der Waals surface area contributed by atoms with Crippen LogP contribution in [0.15, 0.2) is 18.3 Å². The molecule has 0 aliphatic carbocycles.